The monoisotopic (exact) mass is 412 g/mol. The summed E-state index contributed by atoms with van der Waals surface area (Å²) in [6.45, 7) is 1.89. The topological polar surface area (TPSA) is 114 Å². The maximum absolute atomic E-state index is 11.7. The van der Waals surface area contributed by atoms with Gasteiger partial charge in [-0.2, -0.15) is 13.7 Å². The summed E-state index contributed by atoms with van der Waals surface area (Å²) < 4.78 is 50.0. The van der Waals surface area contributed by atoms with Crippen molar-refractivity contribution in [1.29, 1.82) is 5.26 Å². The normalized spacial score (nSPS) is 18.0. The SMILES string of the molecule is Cc1ccccc1C(C#N)=C1C=CC(=NOS(=O)(=O)CCS(C)(=O)=O)S1. The number of thioether (sulfide) groups is 1. The number of hydrogen-bond donors (Lipinski definition) is 0. The van der Waals surface area contributed by atoms with Crippen LogP contribution in [-0.2, 0) is 24.2 Å². The van der Waals surface area contributed by atoms with E-state index in [1.165, 1.54) is 6.08 Å². The molecule has 0 saturated heterocycles. The lowest BCUT2D eigenvalue weighted by molar-refractivity contribution is 0.341. The van der Waals surface area contributed by atoms with Crippen LogP contribution in [0.15, 0.2) is 46.5 Å². The first-order valence-electron chi connectivity index (χ1n) is 7.35. The zero-order chi connectivity index (χ0) is 19.4. The van der Waals surface area contributed by atoms with E-state index in [1.54, 1.807) is 6.08 Å². The number of sulfone groups is 1. The second-order valence-electron chi connectivity index (χ2n) is 5.50. The lowest BCUT2D eigenvalue weighted by Gasteiger charge is -2.06. The van der Waals surface area contributed by atoms with E-state index in [9.17, 15) is 22.1 Å². The number of allylic oxidation sites excluding steroid dienone is 2. The van der Waals surface area contributed by atoms with Gasteiger partial charge >= 0.3 is 10.1 Å². The average Bonchev–Trinajstić information content (AvgIpc) is 3.02. The molecule has 138 valence electrons. The molecule has 0 unspecified atom stereocenters. The molecular formula is C16H16N2O5S3. The quantitative estimate of drug-likeness (QED) is 0.520. The highest BCUT2D eigenvalue weighted by Gasteiger charge is 2.19. The van der Waals surface area contributed by atoms with Crippen molar-refractivity contribution < 1.29 is 21.1 Å². The smallest absolute Gasteiger partial charge is 0.267 e. The Hall–Kier alpha value is -2.09. The minimum Gasteiger partial charge on any atom is -0.267 e. The first-order valence-corrected chi connectivity index (χ1v) is 11.8. The fourth-order valence-electron chi connectivity index (χ4n) is 2.00. The van der Waals surface area contributed by atoms with Crippen molar-refractivity contribution in [2.45, 2.75) is 6.92 Å². The molecule has 0 saturated carbocycles. The van der Waals surface area contributed by atoms with Gasteiger partial charge in [-0.3, -0.25) is 4.28 Å². The van der Waals surface area contributed by atoms with Gasteiger partial charge in [0.15, 0.2) is 0 Å². The highest BCUT2D eigenvalue weighted by Crippen LogP contribution is 2.34. The molecule has 0 radical (unpaired) electrons. The molecule has 0 aliphatic carbocycles. The summed E-state index contributed by atoms with van der Waals surface area (Å²) in [4.78, 5) is 0.623. The number of benzene rings is 1. The van der Waals surface area contributed by atoms with Gasteiger partial charge < -0.3 is 0 Å². The molecule has 1 aromatic rings. The van der Waals surface area contributed by atoms with E-state index in [1.807, 2.05) is 31.2 Å². The molecule has 0 bridgehead atoms. The fraction of sp³-hybridized carbons (Fsp3) is 0.250. The molecule has 0 aromatic heterocycles. The molecule has 1 heterocycles. The lowest BCUT2D eigenvalue weighted by atomic mass is 10.0. The molecule has 1 aliphatic rings. The third-order valence-electron chi connectivity index (χ3n) is 3.31. The fourth-order valence-corrected chi connectivity index (χ4v) is 5.17. The van der Waals surface area contributed by atoms with E-state index in [2.05, 4.69) is 15.5 Å². The number of aryl methyl sites for hydroxylation is 1. The summed E-state index contributed by atoms with van der Waals surface area (Å²) in [7, 11) is -7.52. The van der Waals surface area contributed by atoms with Crippen LogP contribution in [0.5, 0.6) is 0 Å². The van der Waals surface area contributed by atoms with Gasteiger partial charge in [-0.25, -0.2) is 8.42 Å². The molecule has 0 atom stereocenters. The van der Waals surface area contributed by atoms with Crippen LogP contribution in [0.3, 0.4) is 0 Å². The average molecular weight is 413 g/mol. The van der Waals surface area contributed by atoms with E-state index in [-0.39, 0.29) is 5.04 Å². The Balaban J connectivity index is 2.15. The standard InChI is InChI=1S/C16H16N2O5S3/c1-12-5-3-4-6-13(12)14(11-17)15-7-8-16(24-15)18-23-26(21,22)10-9-25(2,19)20/h3-8H,9-10H2,1-2H3. The predicted molar refractivity (Wildman–Crippen MR) is 102 cm³/mol. The number of hydrogen-bond acceptors (Lipinski definition) is 8. The van der Waals surface area contributed by atoms with Crippen LogP contribution in [0, 0.1) is 18.3 Å². The molecule has 26 heavy (non-hydrogen) atoms. The first-order chi connectivity index (χ1) is 12.1. The second kappa shape index (κ2) is 8.07. The third-order valence-corrected chi connectivity index (χ3v) is 6.50. The van der Waals surface area contributed by atoms with Crippen LogP contribution >= 0.6 is 11.8 Å². The van der Waals surface area contributed by atoms with Gasteiger partial charge in [0, 0.05) is 11.2 Å². The highest BCUT2D eigenvalue weighted by atomic mass is 32.2. The minimum absolute atomic E-state index is 0.254. The van der Waals surface area contributed by atoms with E-state index in [4.69, 9.17) is 0 Å². The Kier molecular flexibility index (Phi) is 6.28. The third kappa shape index (κ3) is 5.72. The van der Waals surface area contributed by atoms with Crippen molar-refractivity contribution in [3.8, 4) is 6.07 Å². The molecule has 0 amide bonds. The van der Waals surface area contributed by atoms with E-state index in [0.29, 0.717) is 10.5 Å². The maximum atomic E-state index is 11.7. The van der Waals surface area contributed by atoms with Gasteiger partial charge in [0.05, 0.1) is 11.3 Å². The van der Waals surface area contributed by atoms with Gasteiger partial charge in [-0.15, -0.1) is 0 Å². The summed E-state index contributed by atoms with van der Waals surface area (Å²) >= 11 is 1.10. The van der Waals surface area contributed by atoms with Crippen molar-refractivity contribution in [2.75, 3.05) is 17.8 Å². The minimum atomic E-state index is -4.10. The number of oxime groups is 1. The van der Waals surface area contributed by atoms with Crippen molar-refractivity contribution in [2.24, 2.45) is 5.16 Å². The van der Waals surface area contributed by atoms with Crippen molar-refractivity contribution in [3.05, 3.63) is 52.4 Å². The summed E-state index contributed by atoms with van der Waals surface area (Å²) in [5, 5.41) is 13.3. The largest absolute Gasteiger partial charge is 0.329 e. The first kappa shape index (κ1) is 20.2. The highest BCUT2D eigenvalue weighted by molar-refractivity contribution is 8.18. The van der Waals surface area contributed by atoms with Crippen LogP contribution in [0.1, 0.15) is 11.1 Å². The van der Waals surface area contributed by atoms with Gasteiger partial charge in [0.2, 0.25) is 0 Å². The lowest BCUT2D eigenvalue weighted by Crippen LogP contribution is -2.17. The summed E-state index contributed by atoms with van der Waals surface area (Å²) in [5.74, 6) is -1.22. The van der Waals surface area contributed by atoms with E-state index in [0.717, 1.165) is 29.1 Å². The summed E-state index contributed by atoms with van der Waals surface area (Å²) in [5.41, 5.74) is 2.18. The predicted octanol–water partition coefficient (Wildman–Crippen LogP) is 2.24. The molecule has 7 nitrogen and oxygen atoms in total. The van der Waals surface area contributed by atoms with E-state index < -0.39 is 31.5 Å². The molecule has 0 spiro atoms. The zero-order valence-electron chi connectivity index (χ0n) is 14.0. The Morgan fingerprint density at radius 3 is 2.50 bits per heavy atom. The number of nitrogens with zero attached hydrogens (tertiary/aromatic N) is 2. The van der Waals surface area contributed by atoms with Crippen LogP contribution in [0.25, 0.3) is 5.57 Å². The van der Waals surface area contributed by atoms with Gasteiger partial charge in [0.1, 0.15) is 26.7 Å². The van der Waals surface area contributed by atoms with Gasteiger partial charge in [-0.05, 0) is 30.2 Å². The molecule has 0 fully saturated rings. The molecular weight excluding hydrogens is 396 g/mol. The maximum Gasteiger partial charge on any atom is 0.329 e. The van der Waals surface area contributed by atoms with E-state index >= 15 is 0 Å². The second-order valence-corrected chi connectivity index (χ2v) is 10.5. The molecule has 0 N–H and O–H groups in total. The van der Waals surface area contributed by atoms with Gasteiger partial charge in [0.25, 0.3) is 0 Å². The van der Waals surface area contributed by atoms with Gasteiger partial charge in [-0.1, -0.05) is 41.2 Å². The van der Waals surface area contributed by atoms with Crippen molar-refractivity contribution in [3.63, 3.8) is 0 Å². The zero-order valence-corrected chi connectivity index (χ0v) is 16.5. The Morgan fingerprint density at radius 2 is 1.88 bits per heavy atom. The van der Waals surface area contributed by atoms with Crippen LogP contribution in [0.4, 0.5) is 0 Å². The summed E-state index contributed by atoms with van der Waals surface area (Å²) in [6, 6.07) is 9.58. The van der Waals surface area contributed by atoms with Crippen LogP contribution < -0.4 is 0 Å². The number of rotatable bonds is 6. The Bertz CT molecular complexity index is 1050. The Morgan fingerprint density at radius 1 is 1.19 bits per heavy atom. The number of nitriles is 1. The van der Waals surface area contributed by atoms with Crippen molar-refractivity contribution in [1.82, 2.24) is 0 Å². The van der Waals surface area contributed by atoms with Crippen LogP contribution in [-0.4, -0.2) is 39.6 Å². The van der Waals surface area contributed by atoms with Crippen molar-refractivity contribution >= 4 is 42.3 Å². The molecule has 2 rings (SSSR count). The molecule has 1 aromatic carbocycles. The molecule has 10 heteroatoms. The molecule has 1 aliphatic heterocycles. The van der Waals surface area contributed by atoms with Crippen LogP contribution in [0.2, 0.25) is 0 Å². The summed E-state index contributed by atoms with van der Waals surface area (Å²) in [6.07, 6.45) is 4.12. The Labute approximate surface area is 157 Å².